The molecule has 0 aliphatic rings. The highest BCUT2D eigenvalue weighted by atomic mass is 79.9. The van der Waals surface area contributed by atoms with Gasteiger partial charge >= 0.3 is 6.18 Å². The van der Waals surface area contributed by atoms with Gasteiger partial charge in [0, 0.05) is 15.9 Å². The molecule has 1 aromatic heterocycles. The van der Waals surface area contributed by atoms with E-state index in [9.17, 15) is 13.2 Å². The molecule has 92 valence electrons. The fraction of sp³-hybridized carbons (Fsp3) is 0.333. The molecular formula is C12H10BrF3S. The molecule has 1 atom stereocenters. The maximum atomic E-state index is 12.2. The molecule has 0 aliphatic heterocycles. The van der Waals surface area contributed by atoms with E-state index in [0.29, 0.717) is 0 Å². The van der Waals surface area contributed by atoms with Crippen molar-refractivity contribution in [3.63, 3.8) is 0 Å². The summed E-state index contributed by atoms with van der Waals surface area (Å²) in [6, 6.07) is 7.76. The van der Waals surface area contributed by atoms with E-state index >= 15 is 0 Å². The molecule has 0 bridgehead atoms. The minimum Gasteiger partial charge on any atom is -0.171 e. The van der Waals surface area contributed by atoms with Crippen molar-refractivity contribution in [3.05, 3.63) is 35.2 Å². The van der Waals surface area contributed by atoms with Crippen molar-refractivity contribution in [2.24, 2.45) is 0 Å². The van der Waals surface area contributed by atoms with Gasteiger partial charge in [0.1, 0.15) is 0 Å². The Morgan fingerprint density at radius 1 is 1.24 bits per heavy atom. The van der Waals surface area contributed by atoms with E-state index in [2.05, 4.69) is 15.9 Å². The Morgan fingerprint density at radius 3 is 2.65 bits per heavy atom. The molecule has 0 nitrogen and oxygen atoms in total. The van der Waals surface area contributed by atoms with Crippen LogP contribution in [0.5, 0.6) is 0 Å². The summed E-state index contributed by atoms with van der Waals surface area (Å²) in [5, 5.41) is 2.97. The summed E-state index contributed by atoms with van der Waals surface area (Å²) in [5.41, 5.74) is 0.954. The lowest BCUT2D eigenvalue weighted by Crippen LogP contribution is -2.07. The first kappa shape index (κ1) is 12.9. The average Bonchev–Trinajstić information content (AvgIpc) is 2.68. The second-order valence-corrected chi connectivity index (χ2v) is 5.83. The second-order valence-electron chi connectivity index (χ2n) is 3.81. The van der Waals surface area contributed by atoms with Crippen LogP contribution in [0.3, 0.4) is 0 Å². The highest BCUT2D eigenvalue weighted by Gasteiger charge is 2.28. The van der Waals surface area contributed by atoms with Crippen LogP contribution in [0.1, 0.15) is 23.2 Å². The molecule has 1 aromatic carbocycles. The SMILES string of the molecule is FC(F)(F)CCC(Br)c1csc2ccccc12. The smallest absolute Gasteiger partial charge is 0.171 e. The maximum Gasteiger partial charge on any atom is 0.389 e. The van der Waals surface area contributed by atoms with Gasteiger partial charge in [-0.25, -0.2) is 0 Å². The standard InChI is InChI=1S/C12H10BrF3S/c13-10(5-6-12(14,15)16)9-7-17-11-4-2-1-3-8(9)11/h1-4,7,10H,5-6H2. The maximum absolute atomic E-state index is 12.2. The van der Waals surface area contributed by atoms with Crippen molar-refractivity contribution in [3.8, 4) is 0 Å². The van der Waals surface area contributed by atoms with Gasteiger partial charge in [0.25, 0.3) is 0 Å². The quantitative estimate of drug-likeness (QED) is 0.638. The highest BCUT2D eigenvalue weighted by Crippen LogP contribution is 2.38. The summed E-state index contributed by atoms with van der Waals surface area (Å²) < 4.78 is 37.6. The first-order valence-electron chi connectivity index (χ1n) is 5.14. The molecule has 5 heteroatoms. The van der Waals surface area contributed by atoms with Crippen molar-refractivity contribution in [1.29, 1.82) is 0 Å². The molecular weight excluding hydrogens is 313 g/mol. The average molecular weight is 323 g/mol. The van der Waals surface area contributed by atoms with Gasteiger partial charge in [-0.2, -0.15) is 13.2 Å². The fourth-order valence-corrected chi connectivity index (χ4v) is 3.48. The molecule has 0 amide bonds. The van der Waals surface area contributed by atoms with Crippen molar-refractivity contribution < 1.29 is 13.2 Å². The Kier molecular flexibility index (Phi) is 3.78. The molecule has 0 saturated heterocycles. The predicted octanol–water partition coefficient (Wildman–Crippen LogP) is 5.68. The van der Waals surface area contributed by atoms with E-state index in [-0.39, 0.29) is 11.2 Å². The van der Waals surface area contributed by atoms with Gasteiger partial charge in [0.2, 0.25) is 0 Å². The Labute approximate surface area is 110 Å². The number of benzene rings is 1. The van der Waals surface area contributed by atoms with Gasteiger partial charge in [0.15, 0.2) is 0 Å². The van der Waals surface area contributed by atoms with Gasteiger partial charge in [0.05, 0.1) is 0 Å². The van der Waals surface area contributed by atoms with Crippen molar-refractivity contribution >= 4 is 37.4 Å². The number of hydrogen-bond donors (Lipinski definition) is 0. The highest BCUT2D eigenvalue weighted by molar-refractivity contribution is 9.09. The third kappa shape index (κ3) is 3.22. The second kappa shape index (κ2) is 4.98. The number of alkyl halides is 4. The fourth-order valence-electron chi connectivity index (χ4n) is 1.69. The monoisotopic (exact) mass is 322 g/mol. The lowest BCUT2D eigenvalue weighted by Gasteiger charge is -2.11. The van der Waals surface area contributed by atoms with Gasteiger partial charge in [-0.15, -0.1) is 11.3 Å². The first-order valence-corrected chi connectivity index (χ1v) is 6.94. The van der Waals surface area contributed by atoms with Gasteiger partial charge in [-0.1, -0.05) is 34.1 Å². The van der Waals surface area contributed by atoms with E-state index in [1.165, 1.54) is 0 Å². The zero-order valence-electron chi connectivity index (χ0n) is 8.80. The first-order chi connectivity index (χ1) is 7.97. The Bertz CT molecular complexity index is 504. The van der Waals surface area contributed by atoms with Gasteiger partial charge < -0.3 is 0 Å². The van der Waals surface area contributed by atoms with E-state index in [0.717, 1.165) is 15.6 Å². The minimum absolute atomic E-state index is 0.0736. The molecule has 0 N–H and O–H groups in total. The molecule has 0 fully saturated rings. The van der Waals surface area contributed by atoms with Gasteiger partial charge in [-0.3, -0.25) is 0 Å². The van der Waals surface area contributed by atoms with Crippen LogP contribution in [0.2, 0.25) is 0 Å². The Balaban J connectivity index is 2.16. The molecule has 2 aromatic rings. The predicted molar refractivity (Wildman–Crippen MR) is 68.8 cm³/mol. The van der Waals surface area contributed by atoms with E-state index in [1.54, 1.807) is 11.3 Å². The summed E-state index contributed by atoms with van der Waals surface area (Å²) in [5.74, 6) is 0. The summed E-state index contributed by atoms with van der Waals surface area (Å²) in [4.78, 5) is -0.236. The molecule has 0 aliphatic carbocycles. The zero-order chi connectivity index (χ0) is 12.5. The van der Waals surface area contributed by atoms with Crippen LogP contribution in [0.15, 0.2) is 29.6 Å². The number of rotatable bonds is 3. The summed E-state index contributed by atoms with van der Waals surface area (Å²) in [6.07, 6.45) is -4.77. The molecule has 2 rings (SSSR count). The van der Waals surface area contributed by atoms with E-state index < -0.39 is 12.6 Å². The van der Waals surface area contributed by atoms with Crippen LogP contribution >= 0.6 is 27.3 Å². The Hall–Kier alpha value is -0.550. The van der Waals surface area contributed by atoms with Crippen LogP contribution < -0.4 is 0 Å². The van der Waals surface area contributed by atoms with Crippen LogP contribution in [0.25, 0.3) is 10.1 Å². The molecule has 0 radical (unpaired) electrons. The van der Waals surface area contributed by atoms with Crippen molar-refractivity contribution in [2.75, 3.05) is 0 Å². The van der Waals surface area contributed by atoms with Crippen LogP contribution in [0.4, 0.5) is 13.2 Å². The van der Waals surface area contributed by atoms with Gasteiger partial charge in [-0.05, 0) is 28.8 Å². The number of fused-ring (bicyclic) bond motifs is 1. The van der Waals surface area contributed by atoms with Crippen molar-refractivity contribution in [2.45, 2.75) is 23.8 Å². The number of hydrogen-bond acceptors (Lipinski definition) is 1. The van der Waals surface area contributed by atoms with E-state index in [1.807, 2.05) is 29.6 Å². The van der Waals surface area contributed by atoms with Crippen LogP contribution in [-0.4, -0.2) is 6.18 Å². The summed E-state index contributed by atoms with van der Waals surface area (Å²) in [6.45, 7) is 0. The third-order valence-corrected chi connectivity index (χ3v) is 4.46. The Morgan fingerprint density at radius 2 is 1.94 bits per heavy atom. The molecule has 0 spiro atoms. The molecule has 1 heterocycles. The molecule has 1 unspecified atom stereocenters. The number of halogens is 4. The zero-order valence-corrected chi connectivity index (χ0v) is 11.2. The minimum atomic E-state index is -4.09. The largest absolute Gasteiger partial charge is 0.389 e. The lowest BCUT2D eigenvalue weighted by atomic mass is 10.1. The normalized spacial score (nSPS) is 14.1. The van der Waals surface area contributed by atoms with Crippen molar-refractivity contribution in [1.82, 2.24) is 0 Å². The molecule has 17 heavy (non-hydrogen) atoms. The van der Waals surface area contributed by atoms with Crippen LogP contribution in [0, 0.1) is 0 Å². The third-order valence-electron chi connectivity index (χ3n) is 2.53. The summed E-state index contributed by atoms with van der Waals surface area (Å²) in [7, 11) is 0. The lowest BCUT2D eigenvalue weighted by molar-refractivity contribution is -0.135. The van der Waals surface area contributed by atoms with E-state index in [4.69, 9.17) is 0 Å². The molecule has 0 saturated carbocycles. The topological polar surface area (TPSA) is 0 Å². The van der Waals surface area contributed by atoms with Crippen LogP contribution in [-0.2, 0) is 0 Å². The summed E-state index contributed by atoms with van der Waals surface area (Å²) >= 11 is 4.91. The number of thiophene rings is 1.